The monoisotopic (exact) mass is 319 g/mol. The Hall–Kier alpha value is -1.23. The average molecular weight is 320 g/mol. The van der Waals surface area contributed by atoms with Gasteiger partial charge in [0.05, 0.1) is 11.4 Å². The number of halogens is 4. The zero-order valence-electron chi connectivity index (χ0n) is 11.6. The highest BCUT2D eigenvalue weighted by Gasteiger charge is 2.39. The second-order valence-electron chi connectivity index (χ2n) is 5.51. The number of carbonyl (C=O) groups excluding carboxylic acids is 1. The average Bonchev–Trinajstić information content (AvgIpc) is 3.21. The molecule has 116 valence electrons. The first-order valence-electron chi connectivity index (χ1n) is 6.89. The molecular weight excluding hydrogens is 303 g/mol. The van der Waals surface area contributed by atoms with Crippen molar-refractivity contribution in [1.29, 1.82) is 0 Å². The number of rotatable bonds is 5. The van der Waals surface area contributed by atoms with E-state index in [9.17, 15) is 18.0 Å². The Morgan fingerprint density at radius 3 is 2.29 bits per heavy atom. The highest BCUT2D eigenvalue weighted by molar-refractivity contribution is 6.20. The summed E-state index contributed by atoms with van der Waals surface area (Å²) in [6, 6.07) is 6.33. The molecule has 1 aliphatic carbocycles. The Morgan fingerprint density at radius 2 is 1.81 bits per heavy atom. The molecule has 0 aliphatic heterocycles. The van der Waals surface area contributed by atoms with E-state index in [2.05, 4.69) is 0 Å². The molecule has 1 aromatic rings. The maximum atomic E-state index is 12.2. The Bertz CT molecular complexity index is 497. The highest BCUT2D eigenvalue weighted by atomic mass is 35.5. The molecule has 2 atom stereocenters. The second-order valence-corrected chi connectivity index (χ2v) is 6.03. The fraction of sp³-hybridized carbons (Fsp3) is 0.533. The van der Waals surface area contributed by atoms with Crippen LogP contribution in [-0.4, -0.2) is 12.1 Å². The fourth-order valence-electron chi connectivity index (χ4n) is 2.14. The lowest BCUT2D eigenvalue weighted by Crippen LogP contribution is -2.38. The molecule has 2 rings (SSSR count). The van der Waals surface area contributed by atoms with Crippen LogP contribution < -0.4 is 5.32 Å². The van der Waals surface area contributed by atoms with Crippen molar-refractivity contribution < 1.29 is 18.0 Å². The van der Waals surface area contributed by atoms with Gasteiger partial charge in [-0.3, -0.25) is 4.79 Å². The number of nitrogens with one attached hydrogen (secondary N) is 1. The third kappa shape index (κ3) is 4.63. The van der Waals surface area contributed by atoms with Gasteiger partial charge in [0.2, 0.25) is 0 Å². The quantitative estimate of drug-likeness (QED) is 0.795. The van der Waals surface area contributed by atoms with Crippen LogP contribution in [0.4, 0.5) is 13.2 Å². The molecule has 0 saturated heterocycles. The zero-order valence-corrected chi connectivity index (χ0v) is 12.3. The van der Waals surface area contributed by atoms with Crippen molar-refractivity contribution >= 4 is 17.5 Å². The van der Waals surface area contributed by atoms with Gasteiger partial charge >= 0.3 is 12.1 Å². The molecular formula is C15H17ClF3NO. The lowest BCUT2D eigenvalue weighted by molar-refractivity contribution is -0.174. The molecule has 21 heavy (non-hydrogen) atoms. The lowest BCUT2D eigenvalue weighted by Gasteiger charge is -2.17. The fourth-order valence-corrected chi connectivity index (χ4v) is 2.54. The lowest BCUT2D eigenvalue weighted by atomic mass is 10.0. The van der Waals surface area contributed by atoms with Crippen LogP contribution in [0.15, 0.2) is 24.3 Å². The Kier molecular flexibility index (Phi) is 4.81. The number of amides is 1. The van der Waals surface area contributed by atoms with Crippen molar-refractivity contribution in [3.63, 3.8) is 0 Å². The third-order valence-corrected chi connectivity index (χ3v) is 4.07. The number of alkyl halides is 4. The SMILES string of the molecule is C[C@H](NC(=O)C(F)(F)F)c1ccc(C(Cl)CC2CC2)cc1. The van der Waals surface area contributed by atoms with E-state index in [0.717, 1.165) is 12.0 Å². The van der Waals surface area contributed by atoms with Gasteiger partial charge in [-0.05, 0) is 30.4 Å². The largest absolute Gasteiger partial charge is 0.471 e. The molecule has 0 bridgehead atoms. The predicted molar refractivity (Wildman–Crippen MR) is 75.0 cm³/mol. The molecule has 0 radical (unpaired) electrons. The van der Waals surface area contributed by atoms with Gasteiger partial charge in [0.15, 0.2) is 0 Å². The normalized spacial score (nSPS) is 18.1. The van der Waals surface area contributed by atoms with Crippen molar-refractivity contribution in [2.24, 2.45) is 5.92 Å². The van der Waals surface area contributed by atoms with Gasteiger partial charge in [0.25, 0.3) is 0 Å². The minimum Gasteiger partial charge on any atom is -0.342 e. The van der Waals surface area contributed by atoms with Crippen LogP contribution in [0.5, 0.6) is 0 Å². The van der Waals surface area contributed by atoms with Crippen LogP contribution in [0.1, 0.15) is 48.7 Å². The molecule has 1 aromatic carbocycles. The van der Waals surface area contributed by atoms with Crippen LogP contribution in [0.25, 0.3) is 0 Å². The molecule has 1 aliphatic rings. The second kappa shape index (κ2) is 6.26. The van der Waals surface area contributed by atoms with Gasteiger partial charge in [-0.2, -0.15) is 13.2 Å². The molecule has 6 heteroatoms. The summed E-state index contributed by atoms with van der Waals surface area (Å²) in [5.41, 5.74) is 1.58. The number of benzene rings is 1. The van der Waals surface area contributed by atoms with E-state index >= 15 is 0 Å². The van der Waals surface area contributed by atoms with Crippen LogP contribution in [0, 0.1) is 5.92 Å². The first-order chi connectivity index (χ1) is 9.77. The third-order valence-electron chi connectivity index (χ3n) is 3.64. The molecule has 1 saturated carbocycles. The van der Waals surface area contributed by atoms with E-state index < -0.39 is 18.1 Å². The Labute approximate surface area is 126 Å². The van der Waals surface area contributed by atoms with E-state index in [-0.39, 0.29) is 5.38 Å². The molecule has 0 heterocycles. The maximum Gasteiger partial charge on any atom is 0.471 e. The van der Waals surface area contributed by atoms with Gasteiger partial charge in [-0.25, -0.2) is 0 Å². The first-order valence-corrected chi connectivity index (χ1v) is 7.32. The predicted octanol–water partition coefficient (Wildman–Crippen LogP) is 4.51. The summed E-state index contributed by atoms with van der Waals surface area (Å²) >= 11 is 6.30. The minimum absolute atomic E-state index is 0.0633. The van der Waals surface area contributed by atoms with Crippen molar-refractivity contribution in [1.82, 2.24) is 5.32 Å². The molecule has 0 aromatic heterocycles. The van der Waals surface area contributed by atoms with Crippen molar-refractivity contribution in [2.45, 2.75) is 43.8 Å². The number of carbonyl (C=O) groups is 1. The summed E-state index contributed by atoms with van der Waals surface area (Å²) in [5, 5.41) is 1.87. The highest BCUT2D eigenvalue weighted by Crippen LogP contribution is 2.40. The molecule has 0 spiro atoms. The maximum absolute atomic E-state index is 12.2. The van der Waals surface area contributed by atoms with E-state index in [0.29, 0.717) is 11.5 Å². The smallest absolute Gasteiger partial charge is 0.342 e. The van der Waals surface area contributed by atoms with Crippen LogP contribution >= 0.6 is 11.6 Å². The van der Waals surface area contributed by atoms with Gasteiger partial charge in [0.1, 0.15) is 0 Å². The molecule has 1 unspecified atom stereocenters. The Morgan fingerprint density at radius 1 is 1.29 bits per heavy atom. The summed E-state index contributed by atoms with van der Waals surface area (Å²) < 4.78 is 36.6. The minimum atomic E-state index is -4.86. The molecule has 1 N–H and O–H groups in total. The van der Waals surface area contributed by atoms with Crippen LogP contribution in [-0.2, 0) is 4.79 Å². The standard InChI is InChI=1S/C15H17ClF3NO/c1-9(20-14(21)15(17,18)19)11-4-6-12(7-5-11)13(16)8-10-2-3-10/h4-7,9-10,13H,2-3,8H2,1H3,(H,20,21)/t9-,13?/m0/s1. The summed E-state index contributed by atoms with van der Waals surface area (Å²) in [5.74, 6) is -1.22. The van der Waals surface area contributed by atoms with Crippen LogP contribution in [0.3, 0.4) is 0 Å². The van der Waals surface area contributed by atoms with Gasteiger partial charge in [0, 0.05) is 0 Å². The number of hydrogen-bond donors (Lipinski definition) is 1. The van der Waals surface area contributed by atoms with Crippen LogP contribution in [0.2, 0.25) is 0 Å². The summed E-state index contributed by atoms with van der Waals surface area (Å²) in [4.78, 5) is 10.9. The molecule has 1 fully saturated rings. The number of hydrogen-bond acceptors (Lipinski definition) is 1. The summed E-state index contributed by atoms with van der Waals surface area (Å²) in [6.07, 6.45) is -1.48. The van der Waals surface area contributed by atoms with Crippen molar-refractivity contribution in [3.8, 4) is 0 Å². The van der Waals surface area contributed by atoms with E-state index in [1.165, 1.54) is 19.8 Å². The zero-order chi connectivity index (χ0) is 15.6. The summed E-state index contributed by atoms with van der Waals surface area (Å²) in [6.45, 7) is 1.51. The summed E-state index contributed by atoms with van der Waals surface area (Å²) in [7, 11) is 0. The van der Waals surface area contributed by atoms with E-state index in [1.807, 2.05) is 17.4 Å². The first kappa shape index (κ1) is 16.1. The van der Waals surface area contributed by atoms with Gasteiger partial charge in [-0.15, -0.1) is 11.6 Å². The van der Waals surface area contributed by atoms with Crippen molar-refractivity contribution in [3.05, 3.63) is 35.4 Å². The van der Waals surface area contributed by atoms with E-state index in [4.69, 9.17) is 11.6 Å². The van der Waals surface area contributed by atoms with Gasteiger partial charge in [-0.1, -0.05) is 37.1 Å². The van der Waals surface area contributed by atoms with Gasteiger partial charge < -0.3 is 5.32 Å². The Balaban J connectivity index is 1.95. The molecule has 1 amide bonds. The topological polar surface area (TPSA) is 29.1 Å². The van der Waals surface area contributed by atoms with E-state index in [1.54, 1.807) is 12.1 Å². The molecule has 2 nitrogen and oxygen atoms in total. The van der Waals surface area contributed by atoms with Crippen molar-refractivity contribution in [2.75, 3.05) is 0 Å².